The van der Waals surface area contributed by atoms with Crippen molar-refractivity contribution in [1.29, 1.82) is 0 Å². The zero-order valence-electron chi connectivity index (χ0n) is 13.2. The molecule has 0 bridgehead atoms. The number of likely N-dealkylation sites (tertiary alicyclic amines) is 1. The minimum absolute atomic E-state index is 0.113. The summed E-state index contributed by atoms with van der Waals surface area (Å²) in [5, 5.41) is 6.86. The molecule has 3 rings (SSSR count). The number of hydrogen-bond donors (Lipinski definition) is 1. The second kappa shape index (κ2) is 5.86. The standard InChI is InChI=1S/C15H19N5O3/c1-18-12(9-13(21)19(2)15(18)23)14(22)20-8-4-3-5-11(20)10-6-7-16-17-10/h6-7,9,11H,3-5,8H2,1-2H3,(H,16,17)/t11-/m1/s1. The van der Waals surface area contributed by atoms with Crippen LogP contribution in [0.3, 0.4) is 0 Å². The van der Waals surface area contributed by atoms with Gasteiger partial charge in [0.15, 0.2) is 0 Å². The van der Waals surface area contributed by atoms with Gasteiger partial charge in [0.2, 0.25) is 0 Å². The van der Waals surface area contributed by atoms with Gasteiger partial charge in [-0.15, -0.1) is 0 Å². The Labute approximate surface area is 132 Å². The Hall–Kier alpha value is -2.64. The lowest BCUT2D eigenvalue weighted by Crippen LogP contribution is -2.44. The van der Waals surface area contributed by atoms with Gasteiger partial charge in [-0.05, 0) is 25.3 Å². The molecular formula is C15H19N5O3. The Bertz CT molecular complexity index is 834. The third kappa shape index (κ3) is 2.60. The van der Waals surface area contributed by atoms with E-state index in [1.165, 1.54) is 24.7 Å². The van der Waals surface area contributed by atoms with Crippen molar-refractivity contribution in [2.45, 2.75) is 25.3 Å². The summed E-state index contributed by atoms with van der Waals surface area (Å²) in [6.45, 7) is 0.589. The minimum Gasteiger partial charge on any atom is -0.329 e. The number of aromatic amines is 1. The Kier molecular flexibility index (Phi) is 3.89. The van der Waals surface area contributed by atoms with E-state index in [2.05, 4.69) is 10.2 Å². The van der Waals surface area contributed by atoms with Crippen LogP contribution in [0.5, 0.6) is 0 Å². The van der Waals surface area contributed by atoms with Crippen molar-refractivity contribution in [1.82, 2.24) is 24.2 Å². The first-order valence-corrected chi connectivity index (χ1v) is 7.58. The fourth-order valence-corrected chi connectivity index (χ4v) is 3.04. The number of nitrogens with one attached hydrogen (secondary N) is 1. The van der Waals surface area contributed by atoms with E-state index >= 15 is 0 Å². The lowest BCUT2D eigenvalue weighted by Gasteiger charge is -2.35. The van der Waals surface area contributed by atoms with Crippen molar-refractivity contribution in [2.75, 3.05) is 6.54 Å². The van der Waals surface area contributed by atoms with E-state index in [-0.39, 0.29) is 17.6 Å². The predicted octanol–water partition coefficient (Wildman–Crippen LogP) is 0.175. The van der Waals surface area contributed by atoms with E-state index < -0.39 is 11.2 Å². The predicted molar refractivity (Wildman–Crippen MR) is 83.1 cm³/mol. The molecule has 1 fully saturated rings. The second-order valence-corrected chi connectivity index (χ2v) is 5.79. The summed E-state index contributed by atoms with van der Waals surface area (Å²) in [4.78, 5) is 38.6. The van der Waals surface area contributed by atoms with Crippen LogP contribution in [0.1, 0.15) is 41.5 Å². The first kappa shape index (κ1) is 15.3. The molecule has 2 aromatic rings. The number of piperidine rings is 1. The number of aromatic nitrogens is 4. The molecule has 1 aliphatic rings. The third-order valence-corrected chi connectivity index (χ3v) is 4.39. The van der Waals surface area contributed by atoms with E-state index in [1.54, 1.807) is 11.1 Å². The lowest BCUT2D eigenvalue weighted by molar-refractivity contribution is 0.0593. The lowest BCUT2D eigenvalue weighted by atomic mass is 9.99. The van der Waals surface area contributed by atoms with Gasteiger partial charge in [-0.25, -0.2) is 4.79 Å². The van der Waals surface area contributed by atoms with Crippen molar-refractivity contribution >= 4 is 5.91 Å². The first-order valence-electron chi connectivity index (χ1n) is 7.58. The van der Waals surface area contributed by atoms with Crippen LogP contribution in [0.15, 0.2) is 27.9 Å². The summed E-state index contributed by atoms with van der Waals surface area (Å²) in [5.41, 5.74) is -0.00102. The number of nitrogens with zero attached hydrogens (tertiary/aromatic N) is 4. The van der Waals surface area contributed by atoms with Crippen LogP contribution in [0.25, 0.3) is 0 Å². The number of carbonyl (C=O) groups excluding carboxylic acids is 1. The fraction of sp³-hybridized carbons (Fsp3) is 0.467. The van der Waals surface area contributed by atoms with Crippen LogP contribution >= 0.6 is 0 Å². The van der Waals surface area contributed by atoms with Gasteiger partial charge in [-0.3, -0.25) is 23.8 Å². The molecule has 2 aromatic heterocycles. The Morgan fingerprint density at radius 1 is 1.26 bits per heavy atom. The van der Waals surface area contributed by atoms with Gasteiger partial charge in [-0.1, -0.05) is 0 Å². The molecule has 23 heavy (non-hydrogen) atoms. The normalized spacial score (nSPS) is 18.2. The van der Waals surface area contributed by atoms with Crippen LogP contribution in [0.2, 0.25) is 0 Å². The van der Waals surface area contributed by atoms with Crippen molar-refractivity contribution in [3.05, 3.63) is 50.6 Å². The summed E-state index contributed by atoms with van der Waals surface area (Å²) in [6.07, 6.45) is 4.39. The van der Waals surface area contributed by atoms with Crippen LogP contribution < -0.4 is 11.2 Å². The van der Waals surface area contributed by atoms with Crippen LogP contribution in [-0.4, -0.2) is 36.7 Å². The first-order chi connectivity index (χ1) is 11.0. The van der Waals surface area contributed by atoms with Gasteiger partial charge in [-0.2, -0.15) is 5.10 Å². The molecule has 0 spiro atoms. The molecule has 1 atom stereocenters. The Morgan fingerprint density at radius 3 is 2.74 bits per heavy atom. The van der Waals surface area contributed by atoms with Crippen LogP contribution in [0, 0.1) is 0 Å². The Morgan fingerprint density at radius 2 is 2.04 bits per heavy atom. The Balaban J connectivity index is 2.02. The van der Waals surface area contributed by atoms with E-state index in [0.29, 0.717) is 6.54 Å². The molecule has 8 nitrogen and oxygen atoms in total. The van der Waals surface area contributed by atoms with Crippen molar-refractivity contribution in [3.63, 3.8) is 0 Å². The minimum atomic E-state index is -0.504. The number of amides is 1. The molecule has 1 amide bonds. The zero-order valence-corrected chi connectivity index (χ0v) is 13.2. The van der Waals surface area contributed by atoms with Gasteiger partial charge in [0.25, 0.3) is 11.5 Å². The molecule has 0 radical (unpaired) electrons. The molecule has 0 aliphatic carbocycles. The van der Waals surface area contributed by atoms with Crippen molar-refractivity contribution < 1.29 is 4.79 Å². The smallest absolute Gasteiger partial charge is 0.329 e. The molecule has 3 heterocycles. The summed E-state index contributed by atoms with van der Waals surface area (Å²) < 4.78 is 2.21. The van der Waals surface area contributed by atoms with Crippen molar-refractivity contribution in [3.8, 4) is 0 Å². The molecule has 0 unspecified atom stereocenters. The molecule has 122 valence electrons. The monoisotopic (exact) mass is 317 g/mol. The number of rotatable bonds is 2. The largest absolute Gasteiger partial charge is 0.331 e. The SMILES string of the molecule is Cn1c(C(=O)N2CCCC[C@@H]2c2ccn[nH]2)cc(=O)n(C)c1=O. The molecular weight excluding hydrogens is 298 g/mol. The maximum absolute atomic E-state index is 12.9. The maximum atomic E-state index is 12.9. The van der Waals surface area contributed by atoms with E-state index in [4.69, 9.17) is 0 Å². The highest BCUT2D eigenvalue weighted by molar-refractivity contribution is 5.92. The fourth-order valence-electron chi connectivity index (χ4n) is 3.04. The van der Waals surface area contributed by atoms with Crippen LogP contribution in [0.4, 0.5) is 0 Å². The third-order valence-electron chi connectivity index (χ3n) is 4.39. The molecule has 0 aromatic carbocycles. The number of H-pyrrole nitrogens is 1. The molecule has 8 heteroatoms. The average Bonchev–Trinajstić information content (AvgIpc) is 3.10. The molecule has 1 saturated heterocycles. The summed E-state index contributed by atoms with van der Waals surface area (Å²) >= 11 is 0. The summed E-state index contributed by atoms with van der Waals surface area (Å²) in [7, 11) is 2.90. The summed E-state index contributed by atoms with van der Waals surface area (Å²) in [6, 6.07) is 2.96. The number of hydrogen-bond acceptors (Lipinski definition) is 4. The van der Waals surface area contributed by atoms with E-state index in [9.17, 15) is 14.4 Å². The van der Waals surface area contributed by atoms with Gasteiger partial charge in [0.1, 0.15) is 5.69 Å². The number of carbonyl (C=O) groups is 1. The maximum Gasteiger partial charge on any atom is 0.331 e. The average molecular weight is 317 g/mol. The van der Waals surface area contributed by atoms with E-state index in [1.807, 2.05) is 6.07 Å². The second-order valence-electron chi connectivity index (χ2n) is 5.79. The topological polar surface area (TPSA) is 93.0 Å². The van der Waals surface area contributed by atoms with E-state index in [0.717, 1.165) is 29.5 Å². The molecule has 1 aliphatic heterocycles. The molecule has 0 saturated carbocycles. The van der Waals surface area contributed by atoms with Gasteiger partial charge >= 0.3 is 5.69 Å². The molecule has 1 N–H and O–H groups in total. The summed E-state index contributed by atoms with van der Waals surface area (Å²) in [5.74, 6) is -0.304. The highest BCUT2D eigenvalue weighted by Crippen LogP contribution is 2.30. The quantitative estimate of drug-likeness (QED) is 0.855. The van der Waals surface area contributed by atoms with Gasteiger partial charge in [0, 0.05) is 32.9 Å². The van der Waals surface area contributed by atoms with Crippen LogP contribution in [-0.2, 0) is 14.1 Å². The zero-order chi connectivity index (χ0) is 16.6. The highest BCUT2D eigenvalue weighted by atomic mass is 16.2. The van der Waals surface area contributed by atoms with Gasteiger partial charge < -0.3 is 4.90 Å². The van der Waals surface area contributed by atoms with Crippen molar-refractivity contribution in [2.24, 2.45) is 14.1 Å². The highest BCUT2D eigenvalue weighted by Gasteiger charge is 2.31. The van der Waals surface area contributed by atoms with Gasteiger partial charge in [0.05, 0.1) is 11.7 Å².